The number of hydrogen-bond acceptors (Lipinski definition) is 5. The number of amides is 4. The fraction of sp³-hybridized carbons (Fsp3) is 0.391. The molecule has 3 heterocycles. The summed E-state index contributed by atoms with van der Waals surface area (Å²) in [6, 6.07) is 11.7. The Labute approximate surface area is 181 Å². The predicted octanol–water partition coefficient (Wildman–Crippen LogP) is 2.17. The van der Waals surface area contributed by atoms with E-state index in [1.807, 2.05) is 30.3 Å². The van der Waals surface area contributed by atoms with Crippen molar-refractivity contribution < 1.29 is 14.4 Å². The van der Waals surface area contributed by atoms with Gasteiger partial charge in [0.05, 0.1) is 18.3 Å². The van der Waals surface area contributed by atoms with Crippen LogP contribution in [0.5, 0.6) is 0 Å². The number of nitrogens with zero attached hydrogens (tertiary/aromatic N) is 3. The van der Waals surface area contributed by atoms with Crippen LogP contribution in [0.3, 0.4) is 0 Å². The van der Waals surface area contributed by atoms with Crippen LogP contribution in [0.15, 0.2) is 48.7 Å². The van der Waals surface area contributed by atoms with Crippen molar-refractivity contribution in [3.05, 3.63) is 59.9 Å². The highest BCUT2D eigenvalue weighted by atomic mass is 16.2. The lowest BCUT2D eigenvalue weighted by Crippen LogP contribution is -2.70. The van der Waals surface area contributed by atoms with Crippen molar-refractivity contribution in [3.63, 3.8) is 0 Å². The van der Waals surface area contributed by atoms with E-state index in [4.69, 9.17) is 0 Å². The number of fused-ring (bicyclic) bond motifs is 1. The maximum absolute atomic E-state index is 13.3. The second-order valence-electron chi connectivity index (χ2n) is 7.90. The molecular weight excluding hydrogens is 394 g/mol. The van der Waals surface area contributed by atoms with Gasteiger partial charge in [-0.1, -0.05) is 25.1 Å². The quantitative estimate of drug-likeness (QED) is 0.746. The lowest BCUT2D eigenvalue weighted by molar-refractivity contribution is -0.138. The number of rotatable bonds is 6. The lowest BCUT2D eigenvalue weighted by Gasteiger charge is -2.46. The minimum atomic E-state index is -0.508. The zero-order valence-corrected chi connectivity index (χ0v) is 17.6. The van der Waals surface area contributed by atoms with Crippen LogP contribution in [-0.4, -0.2) is 57.8 Å². The normalized spacial score (nSPS) is 21.1. The summed E-state index contributed by atoms with van der Waals surface area (Å²) < 4.78 is 0. The third-order valence-corrected chi connectivity index (χ3v) is 5.84. The molecule has 0 aliphatic carbocycles. The number of pyridine rings is 1. The number of aromatic nitrogens is 1. The van der Waals surface area contributed by atoms with Gasteiger partial charge < -0.3 is 15.5 Å². The van der Waals surface area contributed by atoms with Crippen molar-refractivity contribution >= 4 is 23.5 Å². The second-order valence-corrected chi connectivity index (χ2v) is 7.90. The third kappa shape index (κ3) is 4.59. The van der Waals surface area contributed by atoms with Crippen molar-refractivity contribution in [2.24, 2.45) is 0 Å². The molecule has 0 bridgehead atoms. The molecule has 162 valence electrons. The monoisotopic (exact) mass is 421 g/mol. The van der Waals surface area contributed by atoms with Gasteiger partial charge in [-0.2, -0.15) is 0 Å². The molecule has 2 unspecified atom stereocenters. The molecule has 0 saturated carbocycles. The van der Waals surface area contributed by atoms with E-state index < -0.39 is 12.1 Å². The molecular formula is C23H27N5O3. The average Bonchev–Trinajstić information content (AvgIpc) is 2.80. The Balaban J connectivity index is 1.51. The number of benzene rings is 1. The van der Waals surface area contributed by atoms with Crippen LogP contribution < -0.4 is 10.6 Å². The van der Waals surface area contributed by atoms with E-state index >= 15 is 0 Å². The van der Waals surface area contributed by atoms with Gasteiger partial charge in [0.15, 0.2) is 0 Å². The Morgan fingerprint density at radius 2 is 2.00 bits per heavy atom. The van der Waals surface area contributed by atoms with Gasteiger partial charge in [0.2, 0.25) is 11.8 Å². The van der Waals surface area contributed by atoms with Crippen molar-refractivity contribution in [3.8, 4) is 0 Å². The molecule has 4 amide bonds. The highest BCUT2D eigenvalue weighted by Crippen LogP contribution is 2.25. The Morgan fingerprint density at radius 3 is 2.71 bits per heavy atom. The lowest BCUT2D eigenvalue weighted by atomic mass is 9.93. The standard InChI is InChI=1S/C23H27N5O3/c1-2-16-8-10-17(11-9-16)26-20(29)15-27-19-7-5-13-25-21(19)22(30)28(23(27)31)14-18-6-3-4-12-24-18/h3-4,6,8-12,19,21,25H,2,5,7,13-15H2,1H3,(H,26,29). The summed E-state index contributed by atoms with van der Waals surface area (Å²) in [5.74, 6) is -0.541. The number of anilines is 1. The van der Waals surface area contributed by atoms with Gasteiger partial charge in [0.1, 0.15) is 12.6 Å². The highest BCUT2D eigenvalue weighted by molar-refractivity contribution is 6.02. The molecule has 8 heteroatoms. The SMILES string of the molecule is CCc1ccc(NC(=O)CN2C(=O)N(Cc3ccccn3)C(=O)C3NCCCC32)cc1. The van der Waals surface area contributed by atoms with E-state index in [1.165, 1.54) is 15.4 Å². The van der Waals surface area contributed by atoms with Crippen LogP contribution in [0, 0.1) is 0 Å². The smallest absolute Gasteiger partial charge is 0.325 e. The number of piperidine rings is 1. The minimum absolute atomic E-state index is 0.0833. The first-order valence-corrected chi connectivity index (χ1v) is 10.7. The first-order chi connectivity index (χ1) is 15.1. The molecule has 2 aromatic rings. The van der Waals surface area contributed by atoms with Crippen LogP contribution in [0.4, 0.5) is 10.5 Å². The summed E-state index contributed by atoms with van der Waals surface area (Å²) in [7, 11) is 0. The van der Waals surface area contributed by atoms with Crippen molar-refractivity contribution in [1.82, 2.24) is 20.1 Å². The molecule has 0 radical (unpaired) electrons. The largest absolute Gasteiger partial charge is 0.327 e. The first kappa shape index (κ1) is 21.0. The van der Waals surface area contributed by atoms with Crippen LogP contribution in [0.1, 0.15) is 31.0 Å². The summed E-state index contributed by atoms with van der Waals surface area (Å²) in [6.45, 7) is 2.76. The van der Waals surface area contributed by atoms with E-state index in [0.717, 1.165) is 12.8 Å². The molecule has 2 N–H and O–H groups in total. The summed E-state index contributed by atoms with van der Waals surface area (Å²) in [4.78, 5) is 46.0. The predicted molar refractivity (Wildman–Crippen MR) is 116 cm³/mol. The Bertz CT molecular complexity index is 947. The number of nitrogens with one attached hydrogen (secondary N) is 2. The van der Waals surface area contributed by atoms with Gasteiger partial charge in [-0.05, 0) is 55.6 Å². The molecule has 2 aliphatic rings. The maximum Gasteiger partial charge on any atom is 0.327 e. The van der Waals surface area contributed by atoms with Gasteiger partial charge in [0, 0.05) is 11.9 Å². The molecule has 2 saturated heterocycles. The molecule has 2 fully saturated rings. The molecule has 1 aromatic carbocycles. The molecule has 0 spiro atoms. The van der Waals surface area contributed by atoms with Crippen molar-refractivity contribution in [2.45, 2.75) is 44.8 Å². The zero-order valence-electron chi connectivity index (χ0n) is 17.6. The fourth-order valence-electron chi connectivity index (χ4n) is 4.18. The van der Waals surface area contributed by atoms with Crippen LogP contribution in [-0.2, 0) is 22.6 Å². The Morgan fingerprint density at radius 1 is 1.19 bits per heavy atom. The van der Waals surface area contributed by atoms with Gasteiger partial charge in [-0.3, -0.25) is 19.5 Å². The number of aryl methyl sites for hydroxylation is 1. The number of urea groups is 1. The van der Waals surface area contributed by atoms with E-state index in [0.29, 0.717) is 24.3 Å². The van der Waals surface area contributed by atoms with E-state index in [9.17, 15) is 14.4 Å². The summed E-state index contributed by atoms with van der Waals surface area (Å²) in [6.07, 6.45) is 4.08. The topological polar surface area (TPSA) is 94.6 Å². The number of hydrogen-bond donors (Lipinski definition) is 2. The number of carbonyl (C=O) groups excluding carboxylic acids is 3. The van der Waals surface area contributed by atoms with Gasteiger partial charge in [-0.25, -0.2) is 4.79 Å². The van der Waals surface area contributed by atoms with E-state index in [2.05, 4.69) is 22.5 Å². The maximum atomic E-state index is 13.3. The summed E-state index contributed by atoms with van der Waals surface area (Å²) in [5.41, 5.74) is 2.49. The molecule has 31 heavy (non-hydrogen) atoms. The zero-order chi connectivity index (χ0) is 21.8. The van der Waals surface area contributed by atoms with E-state index in [1.54, 1.807) is 18.3 Å². The second kappa shape index (κ2) is 9.26. The number of imide groups is 1. The Hall–Kier alpha value is -3.26. The highest BCUT2D eigenvalue weighted by Gasteiger charge is 2.47. The summed E-state index contributed by atoms with van der Waals surface area (Å²) in [5, 5.41) is 6.10. The van der Waals surface area contributed by atoms with Gasteiger partial charge in [-0.15, -0.1) is 0 Å². The fourth-order valence-corrected chi connectivity index (χ4v) is 4.18. The Kier molecular flexibility index (Phi) is 6.27. The van der Waals surface area contributed by atoms with Gasteiger partial charge >= 0.3 is 6.03 Å². The molecule has 2 aliphatic heterocycles. The van der Waals surface area contributed by atoms with E-state index in [-0.39, 0.29) is 30.9 Å². The van der Waals surface area contributed by atoms with Crippen molar-refractivity contribution in [1.29, 1.82) is 0 Å². The molecule has 2 atom stereocenters. The van der Waals surface area contributed by atoms with Crippen LogP contribution >= 0.6 is 0 Å². The molecule has 1 aromatic heterocycles. The van der Waals surface area contributed by atoms with Crippen LogP contribution in [0.2, 0.25) is 0 Å². The first-order valence-electron chi connectivity index (χ1n) is 10.7. The van der Waals surface area contributed by atoms with Crippen molar-refractivity contribution in [2.75, 3.05) is 18.4 Å². The summed E-state index contributed by atoms with van der Waals surface area (Å²) >= 11 is 0. The minimum Gasteiger partial charge on any atom is -0.325 e. The van der Waals surface area contributed by atoms with Gasteiger partial charge in [0.25, 0.3) is 0 Å². The number of carbonyl (C=O) groups is 3. The molecule has 4 rings (SSSR count). The third-order valence-electron chi connectivity index (χ3n) is 5.84. The average molecular weight is 422 g/mol. The van der Waals surface area contributed by atoms with Crippen LogP contribution in [0.25, 0.3) is 0 Å². The molecule has 8 nitrogen and oxygen atoms in total.